The van der Waals surface area contributed by atoms with Gasteiger partial charge >= 0.3 is 5.97 Å². The molecule has 0 radical (unpaired) electrons. The van der Waals surface area contributed by atoms with Crippen molar-refractivity contribution in [1.29, 1.82) is 0 Å². The molecule has 4 rings (SSSR count). The summed E-state index contributed by atoms with van der Waals surface area (Å²) >= 11 is 2.76. The number of aromatic nitrogens is 2. The van der Waals surface area contributed by atoms with Crippen LogP contribution in [0.5, 0.6) is 0 Å². The van der Waals surface area contributed by atoms with Gasteiger partial charge in [-0.25, -0.2) is 9.78 Å². The van der Waals surface area contributed by atoms with Crippen LogP contribution in [0.4, 0.5) is 0 Å². The molecule has 1 aliphatic rings. The van der Waals surface area contributed by atoms with Crippen LogP contribution in [-0.2, 0) is 6.54 Å². The van der Waals surface area contributed by atoms with E-state index in [-0.39, 0.29) is 10.4 Å². The molecule has 3 aromatic rings. The second kappa shape index (κ2) is 6.41. The predicted molar refractivity (Wildman–Crippen MR) is 106 cm³/mol. The predicted octanol–water partition coefficient (Wildman–Crippen LogP) is 4.13. The summed E-state index contributed by atoms with van der Waals surface area (Å²) in [6.45, 7) is 2.25. The van der Waals surface area contributed by atoms with E-state index >= 15 is 0 Å². The van der Waals surface area contributed by atoms with Gasteiger partial charge in [0.05, 0.1) is 5.39 Å². The second-order valence-electron chi connectivity index (χ2n) is 6.13. The molecular weight excluding hydrogens is 368 g/mol. The molecule has 7 heteroatoms. The maximum Gasteiger partial charge on any atom is 0.346 e. The number of benzene rings is 1. The van der Waals surface area contributed by atoms with Crippen LogP contribution in [0, 0.1) is 6.92 Å². The van der Waals surface area contributed by atoms with Crippen LogP contribution >= 0.6 is 23.1 Å². The highest BCUT2D eigenvalue weighted by Crippen LogP contribution is 2.32. The Kier molecular flexibility index (Phi) is 4.20. The molecule has 0 spiro atoms. The summed E-state index contributed by atoms with van der Waals surface area (Å²) < 4.78 is 1.66. The van der Waals surface area contributed by atoms with Crippen molar-refractivity contribution in [2.75, 3.05) is 6.26 Å². The SMILES string of the molecule is CSc1ccc(C=C2CCn3c2nc2sc(C(=O)O)c(C)c2c3=O)cc1. The van der Waals surface area contributed by atoms with E-state index in [4.69, 9.17) is 0 Å². The van der Waals surface area contributed by atoms with Crippen molar-refractivity contribution >= 4 is 50.9 Å². The number of thiophene rings is 1. The molecule has 0 bridgehead atoms. The molecule has 1 aliphatic heterocycles. The van der Waals surface area contributed by atoms with Gasteiger partial charge in [0, 0.05) is 11.4 Å². The standard InChI is InChI=1S/C19H16N2O3S2/c1-10-14-17(26-15(10)19(23)24)20-16-12(7-8-21(16)18(14)22)9-11-3-5-13(25-2)6-4-11/h3-6,9H,7-8H2,1-2H3,(H,23,24). The van der Waals surface area contributed by atoms with Gasteiger partial charge in [-0.3, -0.25) is 9.36 Å². The Hall–Kier alpha value is -2.38. The summed E-state index contributed by atoms with van der Waals surface area (Å²) in [7, 11) is 0. The van der Waals surface area contributed by atoms with Gasteiger partial charge in [-0.2, -0.15) is 0 Å². The van der Waals surface area contributed by atoms with Gasteiger partial charge in [0.25, 0.3) is 5.56 Å². The first kappa shape index (κ1) is 17.1. The van der Waals surface area contributed by atoms with Crippen LogP contribution in [0.2, 0.25) is 0 Å². The van der Waals surface area contributed by atoms with Gasteiger partial charge in [-0.1, -0.05) is 12.1 Å². The molecule has 0 saturated heterocycles. The molecule has 132 valence electrons. The number of hydrogen-bond acceptors (Lipinski definition) is 5. The molecule has 3 heterocycles. The minimum absolute atomic E-state index is 0.146. The third-order valence-corrected chi connectivity index (χ3v) is 6.51. The number of hydrogen-bond donors (Lipinski definition) is 1. The highest BCUT2D eigenvalue weighted by Gasteiger charge is 2.25. The lowest BCUT2D eigenvalue weighted by Gasteiger charge is -2.04. The van der Waals surface area contributed by atoms with Crippen LogP contribution in [0.1, 0.15) is 33.0 Å². The maximum atomic E-state index is 12.9. The van der Waals surface area contributed by atoms with E-state index in [9.17, 15) is 14.7 Å². The molecule has 0 saturated carbocycles. The highest BCUT2D eigenvalue weighted by atomic mass is 32.2. The quantitative estimate of drug-likeness (QED) is 0.688. The van der Waals surface area contributed by atoms with Gasteiger partial charge in [0.2, 0.25) is 0 Å². The molecule has 0 aliphatic carbocycles. The molecule has 26 heavy (non-hydrogen) atoms. The molecular formula is C19H16N2O3S2. The topological polar surface area (TPSA) is 72.2 Å². The molecule has 1 N–H and O–H groups in total. The van der Waals surface area contributed by atoms with Crippen molar-refractivity contribution in [2.24, 2.45) is 0 Å². The fraction of sp³-hybridized carbons (Fsp3) is 0.211. The first-order chi connectivity index (χ1) is 12.5. The van der Waals surface area contributed by atoms with Crippen LogP contribution in [-0.4, -0.2) is 26.9 Å². The molecule has 5 nitrogen and oxygen atoms in total. The lowest BCUT2D eigenvalue weighted by Crippen LogP contribution is -2.20. The molecule has 0 fully saturated rings. The van der Waals surface area contributed by atoms with E-state index in [0.29, 0.717) is 28.1 Å². The molecule has 0 unspecified atom stereocenters. The number of aromatic carboxylic acids is 1. The van der Waals surface area contributed by atoms with E-state index in [0.717, 1.165) is 28.9 Å². The van der Waals surface area contributed by atoms with Crippen molar-refractivity contribution in [2.45, 2.75) is 24.8 Å². The number of rotatable bonds is 3. The van der Waals surface area contributed by atoms with E-state index in [2.05, 4.69) is 35.3 Å². The van der Waals surface area contributed by atoms with Gasteiger partial charge in [-0.15, -0.1) is 23.1 Å². The summed E-state index contributed by atoms with van der Waals surface area (Å²) in [5.74, 6) is -0.366. The summed E-state index contributed by atoms with van der Waals surface area (Å²) in [6.07, 6.45) is 4.84. The number of allylic oxidation sites excluding steroid dienone is 1. The van der Waals surface area contributed by atoms with Crippen molar-refractivity contribution in [1.82, 2.24) is 9.55 Å². The Labute approximate surface area is 158 Å². The van der Waals surface area contributed by atoms with E-state index in [1.807, 2.05) is 6.26 Å². The lowest BCUT2D eigenvalue weighted by molar-refractivity contribution is 0.0701. The zero-order chi connectivity index (χ0) is 18.4. The summed E-state index contributed by atoms with van der Waals surface area (Å²) in [5.41, 5.74) is 2.43. The van der Waals surface area contributed by atoms with Crippen molar-refractivity contribution in [3.05, 3.63) is 56.4 Å². The molecule has 0 amide bonds. The smallest absolute Gasteiger partial charge is 0.346 e. The molecule has 1 aromatic carbocycles. The van der Waals surface area contributed by atoms with Crippen LogP contribution < -0.4 is 5.56 Å². The Bertz CT molecular complexity index is 1120. The number of carboxylic acid groups (broad SMARTS) is 1. The minimum atomic E-state index is -1.01. The number of carbonyl (C=O) groups is 1. The van der Waals surface area contributed by atoms with E-state index in [1.54, 1.807) is 23.3 Å². The largest absolute Gasteiger partial charge is 0.477 e. The zero-order valence-electron chi connectivity index (χ0n) is 14.3. The number of carboxylic acids is 1. The monoisotopic (exact) mass is 384 g/mol. The van der Waals surface area contributed by atoms with Crippen LogP contribution in [0.15, 0.2) is 34.0 Å². The second-order valence-corrected chi connectivity index (χ2v) is 8.01. The Morgan fingerprint density at radius 3 is 2.73 bits per heavy atom. The van der Waals surface area contributed by atoms with E-state index in [1.165, 1.54) is 4.90 Å². The fourth-order valence-corrected chi connectivity index (χ4v) is 4.67. The normalized spacial score (nSPS) is 14.9. The molecule has 0 atom stereocenters. The van der Waals surface area contributed by atoms with Crippen molar-refractivity contribution in [3.8, 4) is 0 Å². The molecule has 2 aromatic heterocycles. The average Bonchev–Trinajstić information content (AvgIpc) is 3.18. The first-order valence-corrected chi connectivity index (χ1v) is 10.2. The third kappa shape index (κ3) is 2.68. The zero-order valence-corrected chi connectivity index (χ0v) is 15.9. The maximum absolute atomic E-state index is 12.9. The highest BCUT2D eigenvalue weighted by molar-refractivity contribution is 7.98. The lowest BCUT2D eigenvalue weighted by atomic mass is 10.1. The summed E-state index contributed by atoms with van der Waals surface area (Å²) in [6, 6.07) is 8.24. The van der Waals surface area contributed by atoms with E-state index < -0.39 is 5.97 Å². The van der Waals surface area contributed by atoms with Gasteiger partial charge < -0.3 is 5.11 Å². The Morgan fingerprint density at radius 1 is 1.35 bits per heavy atom. The number of nitrogens with zero attached hydrogens (tertiary/aromatic N) is 2. The Balaban J connectivity index is 1.86. The fourth-order valence-electron chi connectivity index (χ4n) is 3.26. The third-order valence-electron chi connectivity index (χ3n) is 4.59. The minimum Gasteiger partial charge on any atom is -0.477 e. The van der Waals surface area contributed by atoms with Crippen molar-refractivity contribution < 1.29 is 9.90 Å². The number of thioether (sulfide) groups is 1. The average molecular weight is 384 g/mol. The van der Waals surface area contributed by atoms with Gasteiger partial charge in [-0.05, 0) is 54.5 Å². The Morgan fingerprint density at radius 2 is 2.08 bits per heavy atom. The van der Waals surface area contributed by atoms with Crippen molar-refractivity contribution in [3.63, 3.8) is 0 Å². The summed E-state index contributed by atoms with van der Waals surface area (Å²) in [4.78, 5) is 30.8. The van der Waals surface area contributed by atoms with Crippen LogP contribution in [0.3, 0.4) is 0 Å². The van der Waals surface area contributed by atoms with Crippen LogP contribution in [0.25, 0.3) is 21.9 Å². The number of fused-ring (bicyclic) bond motifs is 2. The van der Waals surface area contributed by atoms with Gasteiger partial charge in [0.15, 0.2) is 0 Å². The van der Waals surface area contributed by atoms with Gasteiger partial charge in [0.1, 0.15) is 15.5 Å². The number of aryl methyl sites for hydroxylation is 1. The summed E-state index contributed by atoms with van der Waals surface area (Å²) in [5, 5.41) is 9.75. The first-order valence-electron chi connectivity index (χ1n) is 8.12.